The van der Waals surface area contributed by atoms with Gasteiger partial charge in [0.15, 0.2) is 0 Å². The van der Waals surface area contributed by atoms with E-state index < -0.39 is 22.0 Å². The molecule has 0 fully saturated rings. The molecular formula is C13H19NO6S. The molecule has 1 atom stereocenters. The fourth-order valence-corrected chi connectivity index (χ4v) is 2.90. The molecule has 0 spiro atoms. The lowest BCUT2D eigenvalue weighted by molar-refractivity contribution is -0.139. The molecule has 0 aliphatic rings. The summed E-state index contributed by atoms with van der Waals surface area (Å²) in [5, 5.41) is 9.08. The van der Waals surface area contributed by atoms with Crippen LogP contribution in [0.15, 0.2) is 29.2 Å². The highest BCUT2D eigenvalue weighted by Crippen LogP contribution is 2.16. The summed E-state index contributed by atoms with van der Waals surface area (Å²) < 4.78 is 36.2. The number of rotatable bonds is 9. The predicted molar refractivity (Wildman–Crippen MR) is 75.8 cm³/mol. The van der Waals surface area contributed by atoms with Gasteiger partial charge in [-0.2, -0.15) is 4.72 Å². The molecule has 1 unspecified atom stereocenters. The van der Waals surface area contributed by atoms with E-state index in [4.69, 9.17) is 14.6 Å². The number of ether oxygens (including phenoxy) is 2. The molecule has 2 N–H and O–H groups in total. The second-order valence-corrected chi connectivity index (χ2v) is 6.04. The minimum Gasteiger partial charge on any atom is -0.497 e. The summed E-state index contributed by atoms with van der Waals surface area (Å²) in [4.78, 5) is 11.1. The zero-order valence-electron chi connectivity index (χ0n) is 11.9. The maximum absolute atomic E-state index is 12.1. The SMILES string of the molecule is COCCCC(NS(=O)(=O)c1ccc(OC)cc1)C(=O)O. The molecule has 0 heterocycles. The summed E-state index contributed by atoms with van der Waals surface area (Å²) in [7, 11) is -0.926. The molecule has 0 aliphatic carbocycles. The molecule has 7 nitrogen and oxygen atoms in total. The van der Waals surface area contributed by atoms with Crippen molar-refractivity contribution in [3.8, 4) is 5.75 Å². The Morgan fingerprint density at radius 3 is 2.38 bits per heavy atom. The van der Waals surface area contributed by atoms with Crippen molar-refractivity contribution in [1.29, 1.82) is 0 Å². The van der Waals surface area contributed by atoms with E-state index in [0.717, 1.165) is 0 Å². The molecule has 0 radical (unpaired) electrons. The van der Waals surface area contributed by atoms with Crippen molar-refractivity contribution < 1.29 is 27.8 Å². The van der Waals surface area contributed by atoms with E-state index in [9.17, 15) is 13.2 Å². The Morgan fingerprint density at radius 2 is 1.90 bits per heavy atom. The lowest BCUT2D eigenvalue weighted by Gasteiger charge is -2.14. The Morgan fingerprint density at radius 1 is 1.29 bits per heavy atom. The zero-order chi connectivity index (χ0) is 15.9. The molecule has 0 saturated carbocycles. The van der Waals surface area contributed by atoms with E-state index in [1.807, 2.05) is 0 Å². The van der Waals surface area contributed by atoms with Crippen LogP contribution in [0.3, 0.4) is 0 Å². The number of benzene rings is 1. The average molecular weight is 317 g/mol. The van der Waals surface area contributed by atoms with Crippen molar-refractivity contribution in [2.75, 3.05) is 20.8 Å². The van der Waals surface area contributed by atoms with E-state index in [1.165, 1.54) is 38.5 Å². The highest BCUT2D eigenvalue weighted by molar-refractivity contribution is 7.89. The van der Waals surface area contributed by atoms with Gasteiger partial charge in [-0.05, 0) is 37.1 Å². The van der Waals surface area contributed by atoms with Gasteiger partial charge in [-0.15, -0.1) is 0 Å². The minimum atomic E-state index is -3.89. The third kappa shape index (κ3) is 5.33. The molecule has 0 aromatic heterocycles. The first-order chi connectivity index (χ1) is 9.90. The maximum atomic E-state index is 12.1. The smallest absolute Gasteiger partial charge is 0.321 e. The fraction of sp³-hybridized carbons (Fsp3) is 0.462. The van der Waals surface area contributed by atoms with E-state index in [-0.39, 0.29) is 11.3 Å². The van der Waals surface area contributed by atoms with E-state index >= 15 is 0 Å². The van der Waals surface area contributed by atoms with Crippen LogP contribution in [0, 0.1) is 0 Å². The van der Waals surface area contributed by atoms with Crippen molar-refractivity contribution >= 4 is 16.0 Å². The fourth-order valence-electron chi connectivity index (χ4n) is 1.67. The van der Waals surface area contributed by atoms with Gasteiger partial charge in [-0.1, -0.05) is 0 Å². The number of sulfonamides is 1. The molecule has 0 amide bonds. The third-order valence-corrected chi connectivity index (χ3v) is 4.29. The number of carboxylic acid groups (broad SMARTS) is 1. The van der Waals surface area contributed by atoms with E-state index in [0.29, 0.717) is 18.8 Å². The molecule has 1 aromatic carbocycles. The van der Waals surface area contributed by atoms with Gasteiger partial charge >= 0.3 is 5.97 Å². The number of carbonyl (C=O) groups is 1. The largest absolute Gasteiger partial charge is 0.497 e. The van der Waals surface area contributed by atoms with Crippen LogP contribution in [0.25, 0.3) is 0 Å². The van der Waals surface area contributed by atoms with Crippen LogP contribution < -0.4 is 9.46 Å². The number of methoxy groups -OCH3 is 2. The Balaban J connectivity index is 2.81. The second kappa shape index (κ2) is 7.96. The van der Waals surface area contributed by atoms with Crippen molar-refractivity contribution in [2.24, 2.45) is 0 Å². The normalized spacial score (nSPS) is 12.9. The molecule has 0 saturated heterocycles. The molecule has 8 heteroatoms. The standard InChI is InChI=1S/C13H19NO6S/c1-19-9-3-4-12(13(15)16)14-21(17,18)11-7-5-10(20-2)6-8-11/h5-8,12,14H,3-4,9H2,1-2H3,(H,15,16). The van der Waals surface area contributed by atoms with Crippen LogP contribution in [0.5, 0.6) is 5.75 Å². The van der Waals surface area contributed by atoms with Crippen LogP contribution in [-0.2, 0) is 19.6 Å². The average Bonchev–Trinajstić information content (AvgIpc) is 2.46. The number of aliphatic carboxylic acids is 1. The molecule has 21 heavy (non-hydrogen) atoms. The van der Waals surface area contributed by atoms with Gasteiger partial charge in [0.25, 0.3) is 0 Å². The summed E-state index contributed by atoms with van der Waals surface area (Å²) >= 11 is 0. The van der Waals surface area contributed by atoms with Gasteiger partial charge in [-0.25, -0.2) is 8.42 Å². The first-order valence-electron chi connectivity index (χ1n) is 6.29. The van der Waals surface area contributed by atoms with Gasteiger partial charge < -0.3 is 14.6 Å². The summed E-state index contributed by atoms with van der Waals surface area (Å²) in [6.07, 6.45) is 0.594. The highest BCUT2D eigenvalue weighted by Gasteiger charge is 2.24. The Bertz CT molecular complexity index is 555. The van der Waals surface area contributed by atoms with Crippen molar-refractivity contribution in [1.82, 2.24) is 4.72 Å². The first kappa shape index (κ1) is 17.4. The summed E-state index contributed by atoms with van der Waals surface area (Å²) in [6.45, 7) is 0.369. The quantitative estimate of drug-likeness (QED) is 0.655. The van der Waals surface area contributed by atoms with Gasteiger partial charge in [0.2, 0.25) is 10.0 Å². The topological polar surface area (TPSA) is 102 Å². The number of nitrogens with one attached hydrogen (secondary N) is 1. The van der Waals surface area contributed by atoms with Crippen LogP contribution >= 0.6 is 0 Å². The van der Waals surface area contributed by atoms with Crippen molar-refractivity contribution in [2.45, 2.75) is 23.8 Å². The molecule has 1 rings (SSSR count). The van der Waals surface area contributed by atoms with Crippen molar-refractivity contribution in [3.05, 3.63) is 24.3 Å². The molecule has 0 aliphatic heterocycles. The van der Waals surface area contributed by atoms with Crippen LogP contribution in [-0.4, -0.2) is 46.4 Å². The molecular weight excluding hydrogens is 298 g/mol. The van der Waals surface area contributed by atoms with Crippen LogP contribution in [0.4, 0.5) is 0 Å². The van der Waals surface area contributed by atoms with Gasteiger partial charge in [0.1, 0.15) is 11.8 Å². The van der Waals surface area contributed by atoms with E-state index in [2.05, 4.69) is 4.72 Å². The van der Waals surface area contributed by atoms with Gasteiger partial charge in [0, 0.05) is 13.7 Å². The maximum Gasteiger partial charge on any atom is 0.321 e. The van der Waals surface area contributed by atoms with Crippen molar-refractivity contribution in [3.63, 3.8) is 0 Å². The third-order valence-electron chi connectivity index (χ3n) is 2.81. The molecule has 118 valence electrons. The molecule has 1 aromatic rings. The number of hydrogen-bond acceptors (Lipinski definition) is 5. The Kier molecular flexibility index (Phi) is 6.60. The molecule has 0 bridgehead atoms. The first-order valence-corrected chi connectivity index (χ1v) is 7.77. The predicted octanol–water partition coefficient (Wildman–Crippen LogP) is 0.853. The minimum absolute atomic E-state index is 0.0127. The zero-order valence-corrected chi connectivity index (χ0v) is 12.7. The summed E-state index contributed by atoms with van der Waals surface area (Å²) in [6, 6.07) is 4.52. The van der Waals surface area contributed by atoms with E-state index in [1.54, 1.807) is 0 Å². The van der Waals surface area contributed by atoms with Crippen LogP contribution in [0.1, 0.15) is 12.8 Å². The lowest BCUT2D eigenvalue weighted by atomic mass is 10.2. The Labute approximate surface area is 123 Å². The van der Waals surface area contributed by atoms with Crippen LogP contribution in [0.2, 0.25) is 0 Å². The lowest BCUT2D eigenvalue weighted by Crippen LogP contribution is -2.40. The Hall–Kier alpha value is -1.64. The summed E-state index contributed by atoms with van der Waals surface area (Å²) in [5.74, 6) is -0.702. The second-order valence-electron chi connectivity index (χ2n) is 4.32. The number of carboxylic acids is 1. The number of hydrogen-bond donors (Lipinski definition) is 2. The van der Waals surface area contributed by atoms with Gasteiger partial charge in [-0.3, -0.25) is 4.79 Å². The van der Waals surface area contributed by atoms with Gasteiger partial charge in [0.05, 0.1) is 12.0 Å². The highest BCUT2D eigenvalue weighted by atomic mass is 32.2. The monoisotopic (exact) mass is 317 g/mol. The summed E-state index contributed by atoms with van der Waals surface area (Å²) in [5.41, 5.74) is 0.